The van der Waals surface area contributed by atoms with Crippen molar-refractivity contribution in [3.63, 3.8) is 0 Å². The van der Waals surface area contributed by atoms with Crippen molar-refractivity contribution in [2.24, 2.45) is 0 Å². The van der Waals surface area contributed by atoms with E-state index in [4.69, 9.17) is 6.42 Å². The molecule has 0 unspecified atom stereocenters. The van der Waals surface area contributed by atoms with Crippen LogP contribution in [0.4, 0.5) is 11.6 Å². The standard InChI is InChI=1S/C20H21N5O4S2.C6H4S/c1-12-9-15(31(28,29)25-20-22-13(2)10-14(3)23-20)6-7-16(12)24-18(26)11-21-19(27)17-5-4-8-30-17;1-2-6-4-3-5-7-6/h4-10H,11H2,1-3H3,(H,21,27)(H,24,26)(H,22,23,25);1,3-5H. The number of aryl methyl sites for hydroxylation is 3. The summed E-state index contributed by atoms with van der Waals surface area (Å²) >= 11 is 2.87. The molecule has 196 valence electrons. The number of terminal acetylenes is 1. The van der Waals surface area contributed by atoms with Crippen LogP contribution in [0.1, 0.15) is 31.5 Å². The molecule has 3 N–H and O–H groups in total. The lowest BCUT2D eigenvalue weighted by Crippen LogP contribution is -2.32. The monoisotopic (exact) mass is 567 g/mol. The van der Waals surface area contributed by atoms with Crippen molar-refractivity contribution in [1.29, 1.82) is 0 Å². The van der Waals surface area contributed by atoms with E-state index in [9.17, 15) is 18.0 Å². The van der Waals surface area contributed by atoms with Crippen LogP contribution < -0.4 is 15.4 Å². The van der Waals surface area contributed by atoms with Crippen LogP contribution in [0.15, 0.2) is 64.2 Å². The summed E-state index contributed by atoms with van der Waals surface area (Å²) in [5.74, 6) is 1.76. The Morgan fingerprint density at radius 1 is 0.974 bits per heavy atom. The Kier molecular flexibility index (Phi) is 9.72. The summed E-state index contributed by atoms with van der Waals surface area (Å²) in [4.78, 5) is 33.8. The first-order valence-electron chi connectivity index (χ1n) is 11.1. The third-order valence-corrected chi connectivity index (χ3v) is 7.80. The van der Waals surface area contributed by atoms with Crippen molar-refractivity contribution in [3.8, 4) is 12.3 Å². The average Bonchev–Trinajstić information content (AvgIpc) is 3.58. The smallest absolute Gasteiger partial charge is 0.264 e. The summed E-state index contributed by atoms with van der Waals surface area (Å²) in [7, 11) is -3.90. The van der Waals surface area contributed by atoms with E-state index in [1.54, 1.807) is 55.7 Å². The first kappa shape index (κ1) is 28.5. The Hall–Kier alpha value is -4.05. The van der Waals surface area contributed by atoms with Crippen molar-refractivity contribution in [1.82, 2.24) is 15.3 Å². The van der Waals surface area contributed by atoms with Gasteiger partial charge in [0.25, 0.3) is 15.9 Å². The number of amides is 2. The zero-order valence-corrected chi connectivity index (χ0v) is 23.3. The molecule has 38 heavy (non-hydrogen) atoms. The van der Waals surface area contributed by atoms with Gasteiger partial charge in [0.2, 0.25) is 11.9 Å². The highest BCUT2D eigenvalue weighted by molar-refractivity contribution is 7.92. The molecule has 0 fully saturated rings. The molecule has 0 bridgehead atoms. The number of sulfonamides is 1. The van der Waals surface area contributed by atoms with Gasteiger partial charge >= 0.3 is 0 Å². The van der Waals surface area contributed by atoms with Gasteiger partial charge in [0.1, 0.15) is 0 Å². The number of thiophene rings is 2. The predicted molar refractivity (Wildman–Crippen MR) is 151 cm³/mol. The number of hydrogen-bond donors (Lipinski definition) is 3. The molecule has 0 aliphatic carbocycles. The van der Waals surface area contributed by atoms with Gasteiger partial charge in [0.15, 0.2) is 0 Å². The molecule has 3 aromatic heterocycles. The maximum atomic E-state index is 12.7. The van der Waals surface area contributed by atoms with Crippen LogP contribution in [0.3, 0.4) is 0 Å². The number of carbonyl (C=O) groups excluding carboxylic acids is 2. The van der Waals surface area contributed by atoms with Crippen LogP contribution in [0.5, 0.6) is 0 Å². The average molecular weight is 568 g/mol. The van der Waals surface area contributed by atoms with E-state index in [2.05, 4.69) is 31.2 Å². The first-order chi connectivity index (χ1) is 18.1. The normalized spacial score (nSPS) is 10.5. The fourth-order valence-corrected chi connectivity index (χ4v) is 5.30. The minimum atomic E-state index is -3.90. The lowest BCUT2D eigenvalue weighted by atomic mass is 10.2. The Labute approximate surface area is 229 Å². The molecule has 0 radical (unpaired) electrons. The van der Waals surface area contributed by atoms with Crippen LogP contribution in [0.2, 0.25) is 0 Å². The number of hydrogen-bond acceptors (Lipinski definition) is 8. The van der Waals surface area contributed by atoms with Crippen molar-refractivity contribution in [2.75, 3.05) is 16.6 Å². The highest BCUT2D eigenvalue weighted by Crippen LogP contribution is 2.21. The molecular weight excluding hydrogens is 543 g/mol. The molecule has 4 aromatic rings. The summed E-state index contributed by atoms with van der Waals surface area (Å²) in [6, 6.07) is 13.3. The SMILES string of the molecule is C#Cc1cccs1.Cc1cc(C)nc(NS(=O)(=O)c2ccc(NC(=O)CNC(=O)c3cccs3)c(C)c2)n1. The molecule has 1 aromatic carbocycles. The molecule has 0 saturated heterocycles. The molecule has 0 aliphatic rings. The van der Waals surface area contributed by atoms with Crippen LogP contribution in [-0.2, 0) is 14.8 Å². The van der Waals surface area contributed by atoms with Gasteiger partial charge in [-0.3, -0.25) is 9.59 Å². The molecule has 2 amide bonds. The van der Waals surface area contributed by atoms with Gasteiger partial charge in [0.05, 0.1) is 21.2 Å². The Morgan fingerprint density at radius 3 is 2.21 bits per heavy atom. The molecule has 0 atom stereocenters. The number of carbonyl (C=O) groups is 2. The minimum Gasteiger partial charge on any atom is -0.342 e. The van der Waals surface area contributed by atoms with Crippen LogP contribution in [0, 0.1) is 33.1 Å². The number of nitrogens with one attached hydrogen (secondary N) is 3. The predicted octanol–water partition coefficient (Wildman–Crippen LogP) is 4.36. The van der Waals surface area contributed by atoms with E-state index in [1.165, 1.54) is 29.5 Å². The maximum absolute atomic E-state index is 12.7. The van der Waals surface area contributed by atoms with Crippen LogP contribution in [-0.4, -0.2) is 36.7 Å². The van der Waals surface area contributed by atoms with Crippen molar-refractivity contribution in [2.45, 2.75) is 25.7 Å². The van der Waals surface area contributed by atoms with E-state index in [1.807, 2.05) is 17.5 Å². The van der Waals surface area contributed by atoms with E-state index < -0.39 is 15.9 Å². The first-order valence-corrected chi connectivity index (χ1v) is 14.4. The van der Waals surface area contributed by atoms with E-state index in [0.717, 1.165) is 4.88 Å². The second-order valence-electron chi connectivity index (χ2n) is 7.89. The van der Waals surface area contributed by atoms with Crippen molar-refractivity contribution < 1.29 is 18.0 Å². The van der Waals surface area contributed by atoms with Gasteiger partial charge < -0.3 is 10.6 Å². The number of rotatable bonds is 7. The quantitative estimate of drug-likeness (QED) is 0.285. The third-order valence-electron chi connectivity index (χ3n) is 4.81. The molecule has 12 heteroatoms. The molecule has 3 heterocycles. The number of aromatic nitrogens is 2. The number of anilines is 2. The van der Waals surface area contributed by atoms with Crippen LogP contribution >= 0.6 is 22.7 Å². The van der Waals surface area contributed by atoms with Gasteiger partial charge in [-0.2, -0.15) is 0 Å². The summed E-state index contributed by atoms with van der Waals surface area (Å²) in [6.07, 6.45) is 5.05. The second-order valence-corrected chi connectivity index (χ2v) is 11.5. The number of nitrogens with zero attached hydrogens (tertiary/aromatic N) is 2. The summed E-state index contributed by atoms with van der Waals surface area (Å²) in [6.45, 7) is 4.96. The van der Waals surface area contributed by atoms with E-state index in [-0.39, 0.29) is 23.3 Å². The molecular formula is C26H25N5O4S3. The van der Waals surface area contributed by atoms with Crippen molar-refractivity contribution in [3.05, 3.63) is 86.0 Å². The fourth-order valence-electron chi connectivity index (χ4n) is 3.10. The largest absolute Gasteiger partial charge is 0.342 e. The Balaban J connectivity index is 0.000000494. The Bertz CT molecular complexity index is 1540. The fraction of sp³-hybridized carbons (Fsp3) is 0.154. The van der Waals surface area contributed by atoms with Gasteiger partial charge in [-0.25, -0.2) is 23.1 Å². The second kappa shape index (κ2) is 13.0. The molecule has 9 nitrogen and oxygen atoms in total. The highest BCUT2D eigenvalue weighted by atomic mass is 32.2. The van der Waals surface area contributed by atoms with E-state index in [0.29, 0.717) is 27.5 Å². The summed E-state index contributed by atoms with van der Waals surface area (Å²) < 4.78 is 27.7. The molecule has 0 saturated carbocycles. The van der Waals surface area contributed by atoms with Gasteiger partial charge in [-0.05, 0) is 73.5 Å². The maximum Gasteiger partial charge on any atom is 0.264 e. The zero-order chi connectivity index (χ0) is 27.7. The minimum absolute atomic E-state index is 0.00554. The summed E-state index contributed by atoms with van der Waals surface area (Å²) in [5.41, 5.74) is 2.27. The van der Waals surface area contributed by atoms with Gasteiger partial charge in [-0.15, -0.1) is 29.1 Å². The zero-order valence-electron chi connectivity index (χ0n) is 20.8. The lowest BCUT2D eigenvalue weighted by molar-refractivity contribution is -0.115. The van der Waals surface area contributed by atoms with Gasteiger partial charge in [0, 0.05) is 17.1 Å². The topological polar surface area (TPSA) is 130 Å². The third kappa shape index (κ3) is 8.24. The van der Waals surface area contributed by atoms with Gasteiger partial charge in [-0.1, -0.05) is 18.1 Å². The molecule has 0 spiro atoms. The highest BCUT2D eigenvalue weighted by Gasteiger charge is 2.18. The Morgan fingerprint density at radius 2 is 1.66 bits per heavy atom. The van der Waals surface area contributed by atoms with Crippen LogP contribution in [0.25, 0.3) is 0 Å². The number of benzene rings is 1. The van der Waals surface area contributed by atoms with Crippen molar-refractivity contribution >= 4 is 56.1 Å². The molecule has 0 aliphatic heterocycles. The van der Waals surface area contributed by atoms with E-state index >= 15 is 0 Å². The summed E-state index contributed by atoms with van der Waals surface area (Å²) in [5, 5.41) is 8.94. The lowest BCUT2D eigenvalue weighted by Gasteiger charge is -2.12. The molecule has 4 rings (SSSR count).